The molecule has 1 aromatic carbocycles. The first-order valence-corrected chi connectivity index (χ1v) is 6.07. The summed E-state index contributed by atoms with van der Waals surface area (Å²) in [7, 11) is 0. The summed E-state index contributed by atoms with van der Waals surface area (Å²) in [4.78, 5) is 10.8. The summed E-state index contributed by atoms with van der Waals surface area (Å²) in [5.74, 6) is -1.01. The van der Waals surface area contributed by atoms with Crippen molar-refractivity contribution in [1.82, 2.24) is 0 Å². The molecule has 0 saturated carbocycles. The van der Waals surface area contributed by atoms with Crippen molar-refractivity contribution >= 4 is 5.97 Å². The van der Waals surface area contributed by atoms with E-state index in [1.165, 1.54) is 11.1 Å². The van der Waals surface area contributed by atoms with Crippen molar-refractivity contribution in [3.05, 3.63) is 33.9 Å². The van der Waals surface area contributed by atoms with Crippen LogP contribution in [0.5, 0.6) is 0 Å². The molecule has 0 aliphatic carbocycles. The lowest BCUT2D eigenvalue weighted by atomic mass is 9.88. The van der Waals surface area contributed by atoms with Gasteiger partial charge in [-0.1, -0.05) is 6.07 Å². The van der Waals surface area contributed by atoms with Crippen LogP contribution >= 0.6 is 0 Å². The Bertz CT molecular complexity index is 443. The summed E-state index contributed by atoms with van der Waals surface area (Å²) < 4.78 is 0. The summed E-state index contributed by atoms with van der Waals surface area (Å²) in [6.45, 7) is 8.11. The largest absolute Gasteiger partial charge is 0.480 e. The summed E-state index contributed by atoms with van der Waals surface area (Å²) in [5.41, 5.74) is 17.3. The fourth-order valence-corrected chi connectivity index (χ4v) is 2.30. The monoisotopic (exact) mass is 250 g/mol. The van der Waals surface area contributed by atoms with E-state index in [1.54, 1.807) is 0 Å². The topological polar surface area (TPSA) is 89.3 Å². The van der Waals surface area contributed by atoms with Crippen LogP contribution in [0.2, 0.25) is 0 Å². The summed E-state index contributed by atoms with van der Waals surface area (Å²) in [6, 6.07) is 0.868. The molecule has 0 aliphatic rings. The molecule has 0 fully saturated rings. The van der Waals surface area contributed by atoms with Crippen molar-refractivity contribution in [3.63, 3.8) is 0 Å². The number of hydrogen-bond acceptors (Lipinski definition) is 3. The zero-order valence-corrected chi connectivity index (χ0v) is 11.4. The predicted molar refractivity (Wildman–Crippen MR) is 72.5 cm³/mol. The van der Waals surface area contributed by atoms with Crippen molar-refractivity contribution < 1.29 is 9.90 Å². The molecule has 5 N–H and O–H groups in total. The quantitative estimate of drug-likeness (QED) is 0.759. The van der Waals surface area contributed by atoms with Gasteiger partial charge in [-0.2, -0.15) is 0 Å². The van der Waals surface area contributed by atoms with E-state index in [9.17, 15) is 4.79 Å². The third-order valence-electron chi connectivity index (χ3n) is 3.62. The number of benzene rings is 1. The van der Waals surface area contributed by atoms with E-state index in [1.807, 2.05) is 27.7 Å². The molecule has 4 heteroatoms. The number of carboxylic acids is 1. The lowest BCUT2D eigenvalue weighted by Gasteiger charge is -2.22. The highest BCUT2D eigenvalue weighted by atomic mass is 16.4. The van der Waals surface area contributed by atoms with Crippen molar-refractivity contribution in [1.29, 1.82) is 0 Å². The molecule has 0 amide bonds. The van der Waals surface area contributed by atoms with E-state index in [0.717, 1.165) is 16.7 Å². The molecule has 2 unspecified atom stereocenters. The second-order valence-electron chi connectivity index (χ2n) is 4.96. The van der Waals surface area contributed by atoms with Crippen molar-refractivity contribution in [2.45, 2.75) is 46.2 Å². The van der Waals surface area contributed by atoms with Crippen LogP contribution in [0.15, 0.2) is 6.07 Å². The minimum absolute atomic E-state index is 0.250. The van der Waals surface area contributed by atoms with Crippen molar-refractivity contribution in [2.24, 2.45) is 11.5 Å². The van der Waals surface area contributed by atoms with E-state index in [2.05, 4.69) is 6.07 Å². The zero-order valence-electron chi connectivity index (χ0n) is 11.4. The van der Waals surface area contributed by atoms with Crippen LogP contribution in [-0.4, -0.2) is 17.1 Å². The smallest absolute Gasteiger partial charge is 0.320 e. The molecule has 100 valence electrons. The van der Waals surface area contributed by atoms with Crippen LogP contribution in [0.3, 0.4) is 0 Å². The van der Waals surface area contributed by atoms with Gasteiger partial charge in [-0.05, 0) is 61.9 Å². The van der Waals surface area contributed by atoms with Crippen molar-refractivity contribution in [3.8, 4) is 0 Å². The molecule has 2 atom stereocenters. The standard InChI is InChI=1S/C14H22N2O2/c1-7-5-8(2)10(4)13(9(7)3)11(15)6-12(16)14(17)18/h5,11-12H,6,15-16H2,1-4H3,(H,17,18). The fraction of sp³-hybridized carbons (Fsp3) is 0.500. The first-order valence-electron chi connectivity index (χ1n) is 6.07. The number of rotatable bonds is 4. The van der Waals surface area contributed by atoms with E-state index in [4.69, 9.17) is 16.6 Å². The Morgan fingerprint density at radius 2 is 1.61 bits per heavy atom. The third-order valence-corrected chi connectivity index (χ3v) is 3.62. The SMILES string of the molecule is Cc1cc(C)c(C)c(C(N)CC(N)C(=O)O)c1C. The number of carbonyl (C=O) groups is 1. The molecular weight excluding hydrogens is 228 g/mol. The van der Waals surface area contributed by atoms with Gasteiger partial charge in [-0.15, -0.1) is 0 Å². The summed E-state index contributed by atoms with van der Waals surface area (Å²) >= 11 is 0. The van der Waals surface area contributed by atoms with E-state index >= 15 is 0 Å². The Balaban J connectivity index is 3.13. The lowest BCUT2D eigenvalue weighted by Crippen LogP contribution is -2.34. The Kier molecular flexibility index (Phi) is 4.48. The van der Waals surface area contributed by atoms with Gasteiger partial charge < -0.3 is 16.6 Å². The van der Waals surface area contributed by atoms with Crippen LogP contribution < -0.4 is 11.5 Å². The van der Waals surface area contributed by atoms with Gasteiger partial charge in [0.15, 0.2) is 0 Å². The minimum atomic E-state index is -1.01. The van der Waals surface area contributed by atoms with Gasteiger partial charge in [0.05, 0.1) is 0 Å². The van der Waals surface area contributed by atoms with Gasteiger partial charge in [0.25, 0.3) is 0 Å². The number of nitrogens with two attached hydrogens (primary N) is 2. The Labute approximate surface area is 108 Å². The van der Waals surface area contributed by atoms with E-state index < -0.39 is 12.0 Å². The lowest BCUT2D eigenvalue weighted by molar-refractivity contribution is -0.138. The summed E-state index contributed by atoms with van der Waals surface area (Å²) in [6.07, 6.45) is 0.250. The summed E-state index contributed by atoms with van der Waals surface area (Å²) in [5, 5.41) is 8.85. The highest BCUT2D eigenvalue weighted by molar-refractivity contribution is 5.73. The maximum Gasteiger partial charge on any atom is 0.320 e. The maximum absolute atomic E-state index is 10.8. The second-order valence-corrected chi connectivity index (χ2v) is 4.96. The molecule has 1 aromatic rings. The molecule has 0 aromatic heterocycles. The second kappa shape index (κ2) is 5.50. The van der Waals surface area contributed by atoms with Crippen LogP contribution in [0, 0.1) is 27.7 Å². The molecule has 1 rings (SSSR count). The molecule has 0 radical (unpaired) electrons. The fourth-order valence-electron chi connectivity index (χ4n) is 2.30. The molecule has 0 spiro atoms. The molecule has 18 heavy (non-hydrogen) atoms. The van der Waals surface area contributed by atoms with Crippen LogP contribution in [0.25, 0.3) is 0 Å². The highest BCUT2D eigenvalue weighted by Gasteiger charge is 2.21. The van der Waals surface area contributed by atoms with Gasteiger partial charge in [0, 0.05) is 6.04 Å². The van der Waals surface area contributed by atoms with E-state index in [-0.39, 0.29) is 12.5 Å². The first-order chi connectivity index (χ1) is 8.25. The van der Waals surface area contributed by atoms with Gasteiger partial charge in [0.2, 0.25) is 0 Å². The molecule has 0 bridgehead atoms. The first kappa shape index (κ1) is 14.7. The highest BCUT2D eigenvalue weighted by Crippen LogP contribution is 2.28. The zero-order chi connectivity index (χ0) is 14.0. The molecule has 0 aliphatic heterocycles. The van der Waals surface area contributed by atoms with Gasteiger partial charge in [0.1, 0.15) is 6.04 Å². The average molecular weight is 250 g/mol. The van der Waals surface area contributed by atoms with Gasteiger partial charge in [-0.25, -0.2) is 0 Å². The van der Waals surface area contributed by atoms with Crippen LogP contribution in [0.1, 0.15) is 40.3 Å². The number of hydrogen-bond donors (Lipinski definition) is 3. The molecule has 0 saturated heterocycles. The normalized spacial score (nSPS) is 14.3. The number of aliphatic carboxylic acids is 1. The molecule has 4 nitrogen and oxygen atoms in total. The molecular formula is C14H22N2O2. The van der Waals surface area contributed by atoms with Gasteiger partial charge in [-0.3, -0.25) is 4.79 Å². The van der Waals surface area contributed by atoms with Crippen molar-refractivity contribution in [2.75, 3.05) is 0 Å². The Hall–Kier alpha value is -1.39. The van der Waals surface area contributed by atoms with Gasteiger partial charge >= 0.3 is 5.97 Å². The van der Waals surface area contributed by atoms with Crippen LogP contribution in [-0.2, 0) is 4.79 Å². The average Bonchev–Trinajstić information content (AvgIpc) is 2.26. The minimum Gasteiger partial charge on any atom is -0.480 e. The predicted octanol–water partition coefficient (Wildman–Crippen LogP) is 1.72. The molecule has 0 heterocycles. The number of aryl methyl sites for hydroxylation is 2. The Morgan fingerprint density at radius 3 is 2.00 bits per heavy atom. The van der Waals surface area contributed by atoms with Crippen LogP contribution in [0.4, 0.5) is 0 Å². The Morgan fingerprint density at radius 1 is 1.17 bits per heavy atom. The maximum atomic E-state index is 10.8. The number of carboxylic acid groups (broad SMARTS) is 1. The van der Waals surface area contributed by atoms with E-state index in [0.29, 0.717) is 0 Å². The third kappa shape index (κ3) is 2.89.